The first-order chi connectivity index (χ1) is 11.2. The van der Waals surface area contributed by atoms with Crippen LogP contribution >= 0.6 is 0 Å². The number of amides is 1. The molecule has 0 radical (unpaired) electrons. The van der Waals surface area contributed by atoms with Crippen LogP contribution in [0, 0.1) is 18.8 Å². The highest BCUT2D eigenvalue weighted by molar-refractivity contribution is 7.90. The van der Waals surface area contributed by atoms with E-state index in [1.165, 1.54) is 0 Å². The van der Waals surface area contributed by atoms with Gasteiger partial charge in [0.25, 0.3) is 0 Å². The largest absolute Gasteiger partial charge is 0.369 e. The fourth-order valence-electron chi connectivity index (χ4n) is 3.15. The molecule has 0 unspecified atom stereocenters. The second-order valence-electron chi connectivity index (χ2n) is 7.02. The van der Waals surface area contributed by atoms with Crippen LogP contribution in [-0.2, 0) is 14.6 Å². The first-order valence-corrected chi connectivity index (χ1v) is 10.4. The van der Waals surface area contributed by atoms with Crippen molar-refractivity contribution in [3.8, 4) is 0 Å². The van der Waals surface area contributed by atoms with Crippen LogP contribution in [0.1, 0.15) is 26.0 Å². The molecule has 0 saturated carbocycles. The molecule has 1 fully saturated rings. The summed E-state index contributed by atoms with van der Waals surface area (Å²) in [5.74, 6) is 0.466. The Balaban J connectivity index is 2.04. The van der Waals surface area contributed by atoms with Gasteiger partial charge in [-0.3, -0.25) is 9.78 Å². The van der Waals surface area contributed by atoms with Crippen LogP contribution in [0.15, 0.2) is 18.3 Å². The molecule has 7 heteroatoms. The summed E-state index contributed by atoms with van der Waals surface area (Å²) >= 11 is 0. The number of hydrogen-bond donors (Lipinski definition) is 1. The summed E-state index contributed by atoms with van der Waals surface area (Å²) in [6.07, 6.45) is 2.97. The van der Waals surface area contributed by atoms with E-state index in [0.717, 1.165) is 30.7 Å². The molecule has 2 rings (SSSR count). The zero-order chi connectivity index (χ0) is 17.9. The Morgan fingerprint density at radius 1 is 1.42 bits per heavy atom. The number of hydrogen-bond acceptors (Lipinski definition) is 5. The van der Waals surface area contributed by atoms with Crippen molar-refractivity contribution in [2.24, 2.45) is 11.8 Å². The van der Waals surface area contributed by atoms with Crippen molar-refractivity contribution >= 4 is 21.4 Å². The van der Waals surface area contributed by atoms with Gasteiger partial charge in [0, 0.05) is 49.3 Å². The molecule has 1 saturated heterocycles. The fraction of sp³-hybridized carbons (Fsp3) is 0.647. The number of aryl methyl sites for hydroxylation is 1. The molecule has 1 N–H and O–H groups in total. The second kappa shape index (κ2) is 7.51. The molecule has 1 aliphatic rings. The highest BCUT2D eigenvalue weighted by Gasteiger charge is 2.35. The monoisotopic (exact) mass is 353 g/mol. The Morgan fingerprint density at radius 3 is 2.71 bits per heavy atom. The summed E-state index contributed by atoms with van der Waals surface area (Å²) in [6.45, 7) is 7.88. The minimum atomic E-state index is -3.12. The predicted octanol–water partition coefficient (Wildman–Crippen LogP) is 1.40. The van der Waals surface area contributed by atoms with Gasteiger partial charge in [0.15, 0.2) is 0 Å². The van der Waals surface area contributed by atoms with Gasteiger partial charge in [-0.2, -0.15) is 0 Å². The maximum Gasteiger partial charge on any atom is 0.221 e. The normalized spacial score (nSPS) is 21.3. The number of rotatable bonds is 6. The van der Waals surface area contributed by atoms with Crippen molar-refractivity contribution in [3.05, 3.63) is 24.0 Å². The molecule has 0 spiro atoms. The zero-order valence-electron chi connectivity index (χ0n) is 14.8. The van der Waals surface area contributed by atoms with E-state index < -0.39 is 9.84 Å². The van der Waals surface area contributed by atoms with E-state index in [0.29, 0.717) is 11.8 Å². The number of pyridine rings is 1. The highest BCUT2D eigenvalue weighted by atomic mass is 32.2. The van der Waals surface area contributed by atoms with E-state index in [9.17, 15) is 13.2 Å². The van der Waals surface area contributed by atoms with Gasteiger partial charge >= 0.3 is 0 Å². The molecule has 2 heterocycles. The number of carbonyl (C=O) groups excluding carboxylic acids is 1. The smallest absolute Gasteiger partial charge is 0.221 e. The lowest BCUT2D eigenvalue weighted by Gasteiger charge is -2.22. The number of nitrogens with zero attached hydrogens (tertiary/aromatic N) is 2. The molecular formula is C17H27N3O3S. The van der Waals surface area contributed by atoms with Crippen LogP contribution < -0.4 is 10.2 Å². The van der Waals surface area contributed by atoms with Gasteiger partial charge in [0.05, 0.1) is 11.8 Å². The highest BCUT2D eigenvalue weighted by Crippen LogP contribution is 2.29. The average molecular weight is 353 g/mol. The lowest BCUT2D eigenvalue weighted by Crippen LogP contribution is -2.42. The molecule has 2 atom stereocenters. The second-order valence-corrected chi connectivity index (χ2v) is 9.28. The van der Waals surface area contributed by atoms with E-state index in [1.54, 1.807) is 6.20 Å². The third kappa shape index (κ3) is 5.19. The Hall–Kier alpha value is -1.63. The van der Waals surface area contributed by atoms with Gasteiger partial charge < -0.3 is 10.2 Å². The molecule has 1 aliphatic heterocycles. The topological polar surface area (TPSA) is 79.4 Å². The van der Waals surface area contributed by atoms with Gasteiger partial charge in [-0.1, -0.05) is 13.8 Å². The molecule has 0 bridgehead atoms. The first kappa shape index (κ1) is 18.7. The molecule has 0 aromatic carbocycles. The van der Waals surface area contributed by atoms with E-state index in [-0.39, 0.29) is 24.1 Å². The number of sulfone groups is 1. The summed E-state index contributed by atoms with van der Waals surface area (Å²) in [7, 11) is -3.12. The summed E-state index contributed by atoms with van der Waals surface area (Å²) < 4.78 is 22.4. The molecule has 24 heavy (non-hydrogen) atoms. The molecule has 134 valence electrons. The number of aromatic nitrogens is 1. The SMILES string of the molecule is Cc1cc(N2C[C@H](NC(=O)CCS(C)(=O)=O)[C@@H](C(C)C)C2)ccn1. The van der Waals surface area contributed by atoms with Crippen molar-refractivity contribution in [1.29, 1.82) is 0 Å². The zero-order valence-corrected chi connectivity index (χ0v) is 15.6. The maximum atomic E-state index is 12.1. The van der Waals surface area contributed by atoms with E-state index in [1.807, 2.05) is 19.1 Å². The Bertz CT molecular complexity index is 688. The van der Waals surface area contributed by atoms with Gasteiger partial charge in [0.1, 0.15) is 9.84 Å². The lowest BCUT2D eigenvalue weighted by atomic mass is 9.91. The Morgan fingerprint density at radius 2 is 2.12 bits per heavy atom. The summed E-state index contributed by atoms with van der Waals surface area (Å²) in [5.41, 5.74) is 2.08. The predicted molar refractivity (Wildman–Crippen MR) is 95.8 cm³/mol. The van der Waals surface area contributed by atoms with Crippen molar-refractivity contribution in [2.45, 2.75) is 33.2 Å². The summed E-state index contributed by atoms with van der Waals surface area (Å²) in [4.78, 5) is 18.6. The van der Waals surface area contributed by atoms with Crippen molar-refractivity contribution in [1.82, 2.24) is 10.3 Å². The molecule has 1 amide bonds. The van der Waals surface area contributed by atoms with Gasteiger partial charge in [-0.25, -0.2) is 8.42 Å². The third-order valence-electron chi connectivity index (χ3n) is 4.51. The quantitative estimate of drug-likeness (QED) is 0.836. The van der Waals surface area contributed by atoms with Crippen LogP contribution in [0.25, 0.3) is 0 Å². The molecule has 0 aliphatic carbocycles. The number of anilines is 1. The lowest BCUT2D eigenvalue weighted by molar-refractivity contribution is -0.121. The average Bonchev–Trinajstić information content (AvgIpc) is 2.88. The van der Waals surface area contributed by atoms with Crippen molar-refractivity contribution < 1.29 is 13.2 Å². The minimum Gasteiger partial charge on any atom is -0.369 e. The first-order valence-electron chi connectivity index (χ1n) is 8.30. The Kier molecular flexibility index (Phi) is 5.85. The van der Waals surface area contributed by atoms with Crippen LogP contribution in [0.4, 0.5) is 5.69 Å². The third-order valence-corrected chi connectivity index (χ3v) is 5.46. The van der Waals surface area contributed by atoms with Crippen LogP contribution in [0.2, 0.25) is 0 Å². The van der Waals surface area contributed by atoms with Crippen molar-refractivity contribution in [2.75, 3.05) is 30.0 Å². The van der Waals surface area contributed by atoms with Crippen LogP contribution in [0.5, 0.6) is 0 Å². The standard InChI is InChI=1S/C17H27N3O3S/c1-12(2)15-10-20(14-5-7-18-13(3)9-14)11-16(15)19-17(21)6-8-24(4,22)23/h5,7,9,12,15-16H,6,8,10-11H2,1-4H3,(H,19,21)/t15-,16+/m1/s1. The number of carbonyl (C=O) groups is 1. The van der Waals surface area contributed by atoms with Gasteiger partial charge in [-0.15, -0.1) is 0 Å². The summed E-state index contributed by atoms with van der Waals surface area (Å²) in [6, 6.07) is 4.06. The van der Waals surface area contributed by atoms with E-state index in [2.05, 4.69) is 29.0 Å². The van der Waals surface area contributed by atoms with Crippen LogP contribution in [0.3, 0.4) is 0 Å². The fourth-order valence-corrected chi connectivity index (χ4v) is 3.71. The minimum absolute atomic E-state index is 0.0223. The van der Waals surface area contributed by atoms with E-state index >= 15 is 0 Å². The molecule has 1 aromatic rings. The molecule has 6 nitrogen and oxygen atoms in total. The number of nitrogens with one attached hydrogen (secondary N) is 1. The van der Waals surface area contributed by atoms with Crippen LogP contribution in [-0.4, -0.2) is 50.4 Å². The maximum absolute atomic E-state index is 12.1. The summed E-state index contributed by atoms with van der Waals surface area (Å²) in [5, 5.41) is 3.04. The van der Waals surface area contributed by atoms with E-state index in [4.69, 9.17) is 0 Å². The Labute approximate surface area is 144 Å². The van der Waals surface area contributed by atoms with Crippen molar-refractivity contribution in [3.63, 3.8) is 0 Å². The van der Waals surface area contributed by atoms with Gasteiger partial charge in [-0.05, 0) is 25.0 Å². The molecular weight excluding hydrogens is 326 g/mol. The molecule has 1 aromatic heterocycles. The van der Waals surface area contributed by atoms with Gasteiger partial charge in [0.2, 0.25) is 5.91 Å².